The number of piperidine rings is 1. The van der Waals surface area contributed by atoms with E-state index in [0.717, 1.165) is 18.5 Å². The van der Waals surface area contributed by atoms with E-state index in [1.54, 1.807) is 20.0 Å². The smallest absolute Gasteiger partial charge is 0.242 e. The summed E-state index contributed by atoms with van der Waals surface area (Å²) in [5.41, 5.74) is 5.95. The third-order valence-corrected chi connectivity index (χ3v) is 3.56. The van der Waals surface area contributed by atoms with Gasteiger partial charge in [-0.2, -0.15) is 0 Å². The number of carbonyl (C=O) groups excluding carboxylic acids is 1. The Morgan fingerprint density at radius 1 is 1.42 bits per heavy atom. The fourth-order valence-corrected chi connectivity index (χ4v) is 2.49. The van der Waals surface area contributed by atoms with Crippen molar-refractivity contribution in [2.24, 2.45) is 5.73 Å². The molecule has 0 saturated carbocycles. The molecule has 0 bridgehead atoms. The molecule has 0 atom stereocenters. The van der Waals surface area contributed by atoms with Crippen LogP contribution in [0.1, 0.15) is 38.3 Å². The first-order valence-electron chi connectivity index (χ1n) is 6.43. The molecule has 0 radical (unpaired) electrons. The lowest BCUT2D eigenvalue weighted by Crippen LogP contribution is -2.53. The zero-order chi connectivity index (χ0) is 14.0. The molecule has 19 heavy (non-hydrogen) atoms. The highest BCUT2D eigenvalue weighted by Crippen LogP contribution is 2.27. The van der Waals surface area contributed by atoms with E-state index in [2.05, 4.69) is 9.97 Å². The van der Waals surface area contributed by atoms with Crippen molar-refractivity contribution in [3.63, 3.8) is 0 Å². The minimum Gasteiger partial charge on any atom is -0.341 e. The molecule has 104 valence electrons. The molecular weight excluding hydrogens is 264 g/mol. The van der Waals surface area contributed by atoms with Crippen LogP contribution in [0.3, 0.4) is 0 Å². The first-order valence-corrected chi connectivity index (χ1v) is 6.81. The number of nitrogens with two attached hydrogens (primary N) is 1. The largest absolute Gasteiger partial charge is 0.341 e. The van der Waals surface area contributed by atoms with Gasteiger partial charge >= 0.3 is 0 Å². The van der Waals surface area contributed by atoms with E-state index < -0.39 is 5.54 Å². The summed E-state index contributed by atoms with van der Waals surface area (Å²) in [6, 6.07) is 0. The Hall–Kier alpha value is -1.20. The van der Waals surface area contributed by atoms with Gasteiger partial charge < -0.3 is 10.6 Å². The molecule has 1 amide bonds. The minimum absolute atomic E-state index is 0.00290. The molecule has 2 heterocycles. The van der Waals surface area contributed by atoms with Gasteiger partial charge in [-0.05, 0) is 26.7 Å². The van der Waals surface area contributed by atoms with E-state index in [1.165, 1.54) is 6.20 Å². The second-order valence-electron chi connectivity index (χ2n) is 5.55. The third kappa shape index (κ3) is 3.42. The van der Waals surface area contributed by atoms with Gasteiger partial charge in [0, 0.05) is 25.2 Å². The molecule has 5 nitrogen and oxygen atoms in total. The van der Waals surface area contributed by atoms with Crippen molar-refractivity contribution in [1.82, 2.24) is 14.9 Å². The second-order valence-corrected chi connectivity index (χ2v) is 5.94. The number of nitrogens with zero attached hydrogens (tertiary/aromatic N) is 3. The van der Waals surface area contributed by atoms with Crippen LogP contribution in [-0.4, -0.2) is 39.4 Å². The number of hydrogen-bond acceptors (Lipinski definition) is 4. The number of aromatic nitrogens is 2. The van der Waals surface area contributed by atoms with Gasteiger partial charge in [0.1, 0.15) is 5.15 Å². The van der Waals surface area contributed by atoms with Gasteiger partial charge in [-0.3, -0.25) is 9.78 Å². The fraction of sp³-hybridized carbons (Fsp3) is 0.615. The summed E-state index contributed by atoms with van der Waals surface area (Å²) >= 11 is 5.85. The van der Waals surface area contributed by atoms with Crippen molar-refractivity contribution in [2.75, 3.05) is 13.1 Å². The number of amides is 1. The normalized spacial score (nSPS) is 17.6. The molecule has 1 aromatic rings. The third-order valence-electron chi connectivity index (χ3n) is 3.38. The topological polar surface area (TPSA) is 72.1 Å². The Morgan fingerprint density at radius 2 is 2.05 bits per heavy atom. The number of carbonyl (C=O) groups is 1. The van der Waals surface area contributed by atoms with Crippen LogP contribution >= 0.6 is 11.6 Å². The highest BCUT2D eigenvalue weighted by molar-refractivity contribution is 6.29. The average molecular weight is 283 g/mol. The molecule has 0 spiro atoms. The van der Waals surface area contributed by atoms with Crippen LogP contribution in [0.4, 0.5) is 0 Å². The Bertz CT molecular complexity index is 464. The molecule has 2 N–H and O–H groups in total. The molecule has 0 unspecified atom stereocenters. The number of likely N-dealkylation sites (tertiary alicyclic amines) is 1. The first kappa shape index (κ1) is 14.2. The lowest BCUT2D eigenvalue weighted by molar-refractivity contribution is -0.136. The van der Waals surface area contributed by atoms with Crippen LogP contribution in [0, 0.1) is 0 Å². The summed E-state index contributed by atoms with van der Waals surface area (Å²) in [5.74, 6) is 0.319. The van der Waals surface area contributed by atoms with Crippen LogP contribution < -0.4 is 5.73 Å². The number of rotatable bonds is 2. The van der Waals surface area contributed by atoms with E-state index in [1.807, 2.05) is 4.90 Å². The van der Waals surface area contributed by atoms with Gasteiger partial charge in [0.2, 0.25) is 5.91 Å². The van der Waals surface area contributed by atoms with Crippen LogP contribution in [0.15, 0.2) is 12.4 Å². The van der Waals surface area contributed by atoms with Crippen LogP contribution in [-0.2, 0) is 4.79 Å². The predicted octanol–water partition coefficient (Wildman–Crippen LogP) is 1.57. The van der Waals surface area contributed by atoms with Gasteiger partial charge in [0.15, 0.2) is 0 Å². The SMILES string of the molecule is CC(C)(N)C(=O)N1CCC(c2cncc(Cl)n2)CC1. The van der Waals surface area contributed by atoms with Crippen LogP contribution in [0.25, 0.3) is 0 Å². The molecule has 0 aromatic carbocycles. The monoisotopic (exact) mass is 282 g/mol. The van der Waals surface area contributed by atoms with Crippen molar-refractivity contribution >= 4 is 17.5 Å². The maximum Gasteiger partial charge on any atom is 0.242 e. The molecule has 2 rings (SSSR count). The van der Waals surface area contributed by atoms with Crippen molar-refractivity contribution in [1.29, 1.82) is 0 Å². The van der Waals surface area contributed by atoms with Crippen molar-refractivity contribution in [3.8, 4) is 0 Å². The molecule has 1 aliphatic heterocycles. The Labute approximate surface area is 118 Å². The fourth-order valence-electron chi connectivity index (χ4n) is 2.34. The minimum atomic E-state index is -0.803. The van der Waals surface area contributed by atoms with E-state index in [-0.39, 0.29) is 5.91 Å². The van der Waals surface area contributed by atoms with Crippen molar-refractivity contribution in [3.05, 3.63) is 23.2 Å². The summed E-state index contributed by atoms with van der Waals surface area (Å²) < 4.78 is 0. The zero-order valence-corrected chi connectivity index (χ0v) is 12.0. The zero-order valence-electron chi connectivity index (χ0n) is 11.3. The predicted molar refractivity (Wildman–Crippen MR) is 73.9 cm³/mol. The summed E-state index contributed by atoms with van der Waals surface area (Å²) in [5, 5.41) is 0.416. The van der Waals surface area contributed by atoms with Crippen molar-refractivity contribution < 1.29 is 4.79 Å². The Balaban J connectivity index is 1.98. The van der Waals surface area contributed by atoms with Crippen molar-refractivity contribution in [2.45, 2.75) is 38.1 Å². The summed E-state index contributed by atoms with van der Waals surface area (Å²) in [6.07, 6.45) is 5.02. The van der Waals surface area contributed by atoms with E-state index in [4.69, 9.17) is 17.3 Å². The lowest BCUT2D eigenvalue weighted by Gasteiger charge is -2.35. The molecule has 0 aliphatic carbocycles. The summed E-state index contributed by atoms with van der Waals surface area (Å²) in [7, 11) is 0. The highest BCUT2D eigenvalue weighted by atomic mass is 35.5. The van der Waals surface area contributed by atoms with Crippen LogP contribution in [0.2, 0.25) is 5.15 Å². The molecule has 1 aromatic heterocycles. The standard InChI is InChI=1S/C13H19ClN4O/c1-13(2,15)12(19)18-5-3-9(4-6-18)10-7-16-8-11(14)17-10/h7-9H,3-6,15H2,1-2H3. The maximum absolute atomic E-state index is 12.1. The molecular formula is C13H19ClN4O. The highest BCUT2D eigenvalue weighted by Gasteiger charge is 2.31. The molecule has 1 saturated heterocycles. The number of halogens is 1. The van der Waals surface area contributed by atoms with Gasteiger partial charge in [-0.25, -0.2) is 4.98 Å². The molecule has 6 heteroatoms. The number of hydrogen-bond donors (Lipinski definition) is 1. The quantitative estimate of drug-likeness (QED) is 0.894. The van der Waals surface area contributed by atoms with Gasteiger partial charge in [-0.1, -0.05) is 11.6 Å². The van der Waals surface area contributed by atoms with Gasteiger partial charge in [0.05, 0.1) is 17.4 Å². The average Bonchev–Trinajstić information content (AvgIpc) is 2.37. The second kappa shape index (κ2) is 5.43. The maximum atomic E-state index is 12.1. The lowest BCUT2D eigenvalue weighted by atomic mass is 9.92. The molecule has 1 aliphatic rings. The van der Waals surface area contributed by atoms with Gasteiger partial charge in [0.25, 0.3) is 0 Å². The van der Waals surface area contributed by atoms with Crippen LogP contribution in [0.5, 0.6) is 0 Å². The summed E-state index contributed by atoms with van der Waals surface area (Å²) in [6.45, 7) is 4.89. The Kier molecular flexibility index (Phi) is 4.06. The molecule has 1 fully saturated rings. The van der Waals surface area contributed by atoms with E-state index >= 15 is 0 Å². The van der Waals surface area contributed by atoms with E-state index in [9.17, 15) is 4.79 Å². The van der Waals surface area contributed by atoms with E-state index in [0.29, 0.717) is 24.2 Å². The summed E-state index contributed by atoms with van der Waals surface area (Å²) in [4.78, 5) is 22.2. The van der Waals surface area contributed by atoms with Gasteiger partial charge in [-0.15, -0.1) is 0 Å². The first-order chi connectivity index (χ1) is 8.88. The Morgan fingerprint density at radius 3 is 2.58 bits per heavy atom.